The Kier molecular flexibility index (Phi) is 6.64. The van der Waals surface area contributed by atoms with E-state index in [1.807, 2.05) is 24.3 Å². The molecule has 4 nitrogen and oxygen atoms in total. The Hall–Kier alpha value is -6.43. The summed E-state index contributed by atoms with van der Waals surface area (Å²) in [5.74, 6) is 1.92. The molecule has 7 aromatic carbocycles. The largest absolute Gasteiger partial charge is 0.456 e. The minimum absolute atomic E-state index is 0.626. The van der Waals surface area contributed by atoms with Crippen LogP contribution in [0.3, 0.4) is 0 Å². The summed E-state index contributed by atoms with van der Waals surface area (Å²) in [6.45, 7) is 0. The van der Waals surface area contributed by atoms with Crippen molar-refractivity contribution in [1.29, 1.82) is 0 Å². The van der Waals surface area contributed by atoms with Crippen molar-refractivity contribution in [2.75, 3.05) is 0 Å². The van der Waals surface area contributed by atoms with Crippen LogP contribution in [0.1, 0.15) is 0 Å². The van der Waals surface area contributed by atoms with Gasteiger partial charge in [-0.25, -0.2) is 15.0 Å². The van der Waals surface area contributed by atoms with Crippen molar-refractivity contribution in [3.8, 4) is 56.4 Å². The standard InChI is InChI=1S/C45H27N3OS/c1-2-11-28(12-3-1)29-23-25-30(26-24-29)43-46-44(48-45(47-43)37-19-9-18-35-34-15-5-7-22-40(34)50-42(35)37)32-14-8-13-31(27-32)33-17-10-21-39-41(33)36-16-4-6-20-38(36)49-39/h1-27H. The van der Waals surface area contributed by atoms with Crippen LogP contribution in [0.15, 0.2) is 168 Å². The second kappa shape index (κ2) is 11.6. The number of nitrogens with zero attached hydrogens (tertiary/aromatic N) is 3. The van der Waals surface area contributed by atoms with Crippen molar-refractivity contribution in [3.63, 3.8) is 0 Å². The molecular formula is C45H27N3OS. The van der Waals surface area contributed by atoms with Crippen molar-refractivity contribution < 1.29 is 4.42 Å². The second-order valence-corrected chi connectivity index (χ2v) is 13.4. The number of fused-ring (bicyclic) bond motifs is 6. The first-order valence-electron chi connectivity index (χ1n) is 16.6. The van der Waals surface area contributed by atoms with E-state index in [9.17, 15) is 0 Å². The first-order valence-corrected chi connectivity index (χ1v) is 17.4. The third-order valence-electron chi connectivity index (χ3n) is 9.37. The fourth-order valence-electron chi connectivity index (χ4n) is 6.96. The normalized spacial score (nSPS) is 11.6. The van der Waals surface area contributed by atoms with Crippen molar-refractivity contribution in [1.82, 2.24) is 15.0 Å². The maximum atomic E-state index is 6.22. The van der Waals surface area contributed by atoms with Crippen molar-refractivity contribution >= 4 is 53.4 Å². The van der Waals surface area contributed by atoms with Gasteiger partial charge in [-0.05, 0) is 52.6 Å². The smallest absolute Gasteiger partial charge is 0.165 e. The zero-order valence-corrected chi connectivity index (χ0v) is 27.6. The highest BCUT2D eigenvalue weighted by Gasteiger charge is 2.18. The predicted octanol–water partition coefficient (Wildman–Crippen LogP) is 12.5. The molecule has 5 heteroatoms. The van der Waals surface area contributed by atoms with Crippen molar-refractivity contribution in [2.45, 2.75) is 0 Å². The Morgan fingerprint density at radius 1 is 0.380 bits per heavy atom. The minimum Gasteiger partial charge on any atom is -0.456 e. The highest BCUT2D eigenvalue weighted by Crippen LogP contribution is 2.41. The van der Waals surface area contributed by atoms with E-state index in [1.165, 1.54) is 25.7 Å². The molecule has 0 radical (unpaired) electrons. The lowest BCUT2D eigenvalue weighted by atomic mass is 9.98. The van der Waals surface area contributed by atoms with Crippen LogP contribution in [0, 0.1) is 0 Å². The molecule has 0 aliphatic carbocycles. The monoisotopic (exact) mass is 657 g/mol. The number of furan rings is 1. The Balaban J connectivity index is 1.16. The van der Waals surface area contributed by atoms with Gasteiger partial charge in [-0.1, -0.05) is 133 Å². The van der Waals surface area contributed by atoms with Crippen LogP contribution in [0.25, 0.3) is 98.5 Å². The Morgan fingerprint density at radius 2 is 0.960 bits per heavy atom. The van der Waals surface area contributed by atoms with E-state index in [0.717, 1.165) is 55.3 Å². The van der Waals surface area contributed by atoms with Crippen LogP contribution in [-0.4, -0.2) is 15.0 Å². The molecule has 0 bridgehead atoms. The zero-order valence-electron chi connectivity index (χ0n) is 26.7. The summed E-state index contributed by atoms with van der Waals surface area (Å²) in [5, 5.41) is 4.66. The number of hydrogen-bond donors (Lipinski definition) is 0. The van der Waals surface area contributed by atoms with E-state index in [1.54, 1.807) is 11.3 Å². The van der Waals surface area contributed by atoms with Crippen LogP contribution < -0.4 is 0 Å². The summed E-state index contributed by atoms with van der Waals surface area (Å²) in [4.78, 5) is 15.5. The average molecular weight is 658 g/mol. The first kappa shape index (κ1) is 28.6. The number of benzene rings is 7. The SMILES string of the molecule is c1ccc(-c2ccc(-c3nc(-c4cccc(-c5cccc6oc7ccccc7c56)c4)nc(-c4cccc5c4sc4ccccc45)n3)cc2)cc1. The zero-order chi connectivity index (χ0) is 33.0. The van der Waals surface area contributed by atoms with E-state index in [4.69, 9.17) is 19.4 Å². The van der Waals surface area contributed by atoms with Gasteiger partial charge in [0.15, 0.2) is 17.5 Å². The number of thiophene rings is 1. The number of aromatic nitrogens is 3. The lowest BCUT2D eigenvalue weighted by molar-refractivity contribution is 0.669. The molecule has 0 saturated carbocycles. The van der Waals surface area contributed by atoms with Gasteiger partial charge in [0.25, 0.3) is 0 Å². The van der Waals surface area contributed by atoms with Crippen LogP contribution in [0.2, 0.25) is 0 Å². The van der Waals surface area contributed by atoms with Crippen LogP contribution >= 0.6 is 11.3 Å². The van der Waals surface area contributed by atoms with E-state index >= 15 is 0 Å². The minimum atomic E-state index is 0.626. The number of rotatable bonds is 5. The summed E-state index contributed by atoms with van der Waals surface area (Å²) in [5.41, 5.74) is 9.10. The molecule has 0 aliphatic heterocycles. The van der Waals surface area contributed by atoms with Gasteiger partial charge in [0, 0.05) is 47.6 Å². The molecule has 0 aliphatic rings. The summed E-state index contributed by atoms with van der Waals surface area (Å²) < 4.78 is 8.64. The molecule has 0 atom stereocenters. The molecular weight excluding hydrogens is 631 g/mol. The molecule has 0 amide bonds. The average Bonchev–Trinajstić information content (AvgIpc) is 3.77. The third kappa shape index (κ3) is 4.79. The summed E-state index contributed by atoms with van der Waals surface area (Å²) in [6.07, 6.45) is 0. The van der Waals surface area contributed by atoms with E-state index < -0.39 is 0 Å². The van der Waals surface area contributed by atoms with Gasteiger partial charge >= 0.3 is 0 Å². The topological polar surface area (TPSA) is 51.8 Å². The van der Waals surface area contributed by atoms with E-state index in [-0.39, 0.29) is 0 Å². The molecule has 3 aromatic heterocycles. The molecule has 0 N–H and O–H groups in total. The van der Waals surface area contributed by atoms with Gasteiger partial charge in [-0.3, -0.25) is 0 Å². The first-order chi connectivity index (χ1) is 24.8. The number of hydrogen-bond acceptors (Lipinski definition) is 5. The fraction of sp³-hybridized carbons (Fsp3) is 0. The maximum Gasteiger partial charge on any atom is 0.165 e. The van der Waals surface area contributed by atoms with Gasteiger partial charge in [0.05, 0.1) is 0 Å². The molecule has 0 fully saturated rings. The molecule has 10 aromatic rings. The molecule has 0 unspecified atom stereocenters. The van der Waals surface area contributed by atoms with E-state index in [2.05, 4.69) is 140 Å². The molecule has 3 heterocycles. The van der Waals surface area contributed by atoms with Gasteiger partial charge in [-0.15, -0.1) is 11.3 Å². The lowest BCUT2D eigenvalue weighted by Crippen LogP contribution is -2.00. The Morgan fingerprint density at radius 3 is 1.84 bits per heavy atom. The van der Waals surface area contributed by atoms with Crippen molar-refractivity contribution in [3.05, 3.63) is 164 Å². The summed E-state index contributed by atoms with van der Waals surface area (Å²) in [7, 11) is 0. The van der Waals surface area contributed by atoms with E-state index in [0.29, 0.717) is 17.5 Å². The molecule has 0 spiro atoms. The molecule has 10 rings (SSSR count). The highest BCUT2D eigenvalue weighted by molar-refractivity contribution is 7.26. The Labute approximate surface area is 292 Å². The fourth-order valence-corrected chi connectivity index (χ4v) is 8.17. The van der Waals surface area contributed by atoms with Crippen LogP contribution in [0.5, 0.6) is 0 Å². The molecule has 0 saturated heterocycles. The summed E-state index contributed by atoms with van der Waals surface area (Å²) in [6, 6.07) is 56.8. The van der Waals surface area contributed by atoms with Crippen molar-refractivity contribution in [2.24, 2.45) is 0 Å². The summed E-state index contributed by atoms with van der Waals surface area (Å²) >= 11 is 1.78. The van der Waals surface area contributed by atoms with Gasteiger partial charge in [-0.2, -0.15) is 0 Å². The quantitative estimate of drug-likeness (QED) is 0.185. The maximum absolute atomic E-state index is 6.22. The third-order valence-corrected chi connectivity index (χ3v) is 10.6. The molecule has 234 valence electrons. The van der Waals surface area contributed by atoms with Crippen LogP contribution in [0.4, 0.5) is 0 Å². The molecule has 50 heavy (non-hydrogen) atoms. The highest BCUT2D eigenvalue weighted by atomic mass is 32.1. The second-order valence-electron chi connectivity index (χ2n) is 12.4. The van der Waals surface area contributed by atoms with Gasteiger partial charge in [0.1, 0.15) is 11.2 Å². The van der Waals surface area contributed by atoms with Gasteiger partial charge < -0.3 is 4.42 Å². The van der Waals surface area contributed by atoms with Gasteiger partial charge in [0.2, 0.25) is 0 Å². The van der Waals surface area contributed by atoms with Crippen LogP contribution in [-0.2, 0) is 0 Å². The number of para-hydroxylation sites is 1. The Bertz CT molecular complexity index is 2870. The predicted molar refractivity (Wildman–Crippen MR) is 207 cm³/mol. The lowest BCUT2D eigenvalue weighted by Gasteiger charge is -2.11.